The highest BCUT2D eigenvalue weighted by molar-refractivity contribution is 7.99. The van der Waals surface area contributed by atoms with Crippen molar-refractivity contribution in [2.75, 3.05) is 5.75 Å². The summed E-state index contributed by atoms with van der Waals surface area (Å²) in [6, 6.07) is 1.98. The van der Waals surface area contributed by atoms with Crippen LogP contribution in [0, 0.1) is 18.3 Å². The van der Waals surface area contributed by atoms with Gasteiger partial charge in [-0.25, -0.2) is 14.8 Å². The molecule has 17 heavy (non-hydrogen) atoms. The molecule has 2 rings (SSSR count). The van der Waals surface area contributed by atoms with Crippen molar-refractivity contribution in [3.63, 3.8) is 0 Å². The highest BCUT2D eigenvalue weighted by Crippen LogP contribution is 2.39. The van der Waals surface area contributed by atoms with Gasteiger partial charge >= 0.3 is 5.97 Å². The van der Waals surface area contributed by atoms with Gasteiger partial charge in [0.05, 0.1) is 17.5 Å². The summed E-state index contributed by atoms with van der Waals surface area (Å²) in [5.41, 5.74) is 0.601. The molecule has 1 N–H and O–H groups in total. The Kier molecular flexibility index (Phi) is 3.29. The zero-order chi connectivity index (χ0) is 12.4. The van der Waals surface area contributed by atoms with Gasteiger partial charge in [0.15, 0.2) is 0 Å². The fourth-order valence-electron chi connectivity index (χ4n) is 1.54. The summed E-state index contributed by atoms with van der Waals surface area (Å²) in [5.74, 6) is 0.247. The van der Waals surface area contributed by atoms with Gasteiger partial charge < -0.3 is 5.11 Å². The van der Waals surface area contributed by atoms with Crippen LogP contribution in [0.2, 0.25) is 0 Å². The Morgan fingerprint density at radius 3 is 2.82 bits per heavy atom. The molecule has 6 heteroatoms. The van der Waals surface area contributed by atoms with Crippen LogP contribution in [0.3, 0.4) is 0 Å². The summed E-state index contributed by atoms with van der Waals surface area (Å²) < 4.78 is 0. The van der Waals surface area contributed by atoms with E-state index < -0.39 is 5.97 Å². The Balaban J connectivity index is 2.42. The minimum Gasteiger partial charge on any atom is -0.478 e. The largest absolute Gasteiger partial charge is 0.478 e. The summed E-state index contributed by atoms with van der Waals surface area (Å²) in [5, 5.41) is 18.1. The Hall–Kier alpha value is -1.61. The summed E-state index contributed by atoms with van der Waals surface area (Å²) in [7, 11) is 0. The molecule has 0 aromatic carbocycles. The third-order valence-electron chi connectivity index (χ3n) is 2.50. The summed E-state index contributed by atoms with van der Waals surface area (Å²) >= 11 is 1.16. The van der Waals surface area contributed by atoms with Gasteiger partial charge in [0.1, 0.15) is 16.4 Å². The SMILES string of the molecule is Cc1nc(C2CC2)nc(SCC#N)c1C(=O)O. The second-order valence-electron chi connectivity index (χ2n) is 3.87. The second-order valence-corrected chi connectivity index (χ2v) is 4.84. The van der Waals surface area contributed by atoms with Crippen molar-refractivity contribution in [3.8, 4) is 6.07 Å². The molecule has 5 nitrogen and oxygen atoms in total. The molecule has 1 aromatic rings. The van der Waals surface area contributed by atoms with E-state index >= 15 is 0 Å². The summed E-state index contributed by atoms with van der Waals surface area (Å²) in [4.78, 5) is 19.6. The number of thioether (sulfide) groups is 1. The molecule has 1 fully saturated rings. The number of carboxylic acid groups (broad SMARTS) is 1. The van der Waals surface area contributed by atoms with Gasteiger partial charge in [0.2, 0.25) is 0 Å². The van der Waals surface area contributed by atoms with Crippen LogP contribution in [-0.2, 0) is 0 Å². The predicted molar refractivity (Wildman–Crippen MR) is 62.0 cm³/mol. The normalized spacial score (nSPS) is 14.4. The quantitative estimate of drug-likeness (QED) is 0.648. The third-order valence-corrected chi connectivity index (χ3v) is 3.35. The number of aryl methyl sites for hydroxylation is 1. The van der Waals surface area contributed by atoms with Crippen molar-refractivity contribution < 1.29 is 9.90 Å². The number of hydrogen-bond acceptors (Lipinski definition) is 5. The first-order chi connectivity index (χ1) is 8.13. The van der Waals surface area contributed by atoms with Crippen molar-refractivity contribution in [2.45, 2.75) is 30.7 Å². The number of aromatic nitrogens is 2. The van der Waals surface area contributed by atoms with Crippen LogP contribution >= 0.6 is 11.8 Å². The zero-order valence-corrected chi connectivity index (χ0v) is 10.1. The number of hydrogen-bond donors (Lipinski definition) is 1. The standard InChI is InChI=1S/C11H11N3O2S/c1-6-8(11(15)16)10(17-5-4-12)14-9(13-6)7-2-3-7/h7H,2-3,5H2,1H3,(H,15,16). The highest BCUT2D eigenvalue weighted by atomic mass is 32.2. The monoisotopic (exact) mass is 249 g/mol. The third kappa shape index (κ3) is 2.56. The van der Waals surface area contributed by atoms with Crippen LogP contribution in [0.1, 0.15) is 40.6 Å². The second kappa shape index (κ2) is 4.72. The number of nitrogens with zero attached hydrogens (tertiary/aromatic N) is 3. The maximum absolute atomic E-state index is 11.1. The van der Waals surface area contributed by atoms with Gasteiger partial charge in [0, 0.05) is 5.92 Å². The molecule has 0 unspecified atom stereocenters. The van der Waals surface area contributed by atoms with Crippen molar-refractivity contribution in [1.29, 1.82) is 5.26 Å². The van der Waals surface area contributed by atoms with E-state index in [9.17, 15) is 4.79 Å². The Morgan fingerprint density at radius 2 is 2.29 bits per heavy atom. The highest BCUT2D eigenvalue weighted by Gasteiger charge is 2.29. The molecule has 88 valence electrons. The van der Waals surface area contributed by atoms with E-state index in [1.807, 2.05) is 6.07 Å². The van der Waals surface area contributed by atoms with E-state index in [0.29, 0.717) is 22.5 Å². The predicted octanol–water partition coefficient (Wildman–Crippen LogP) is 1.98. The molecular weight excluding hydrogens is 238 g/mol. The Bertz CT molecular complexity index is 506. The summed E-state index contributed by atoms with van der Waals surface area (Å²) in [6.07, 6.45) is 2.13. The summed E-state index contributed by atoms with van der Waals surface area (Å²) in [6.45, 7) is 1.67. The lowest BCUT2D eigenvalue weighted by Gasteiger charge is -2.08. The molecule has 0 saturated heterocycles. The lowest BCUT2D eigenvalue weighted by molar-refractivity contribution is 0.0690. The molecule has 0 atom stereocenters. The minimum atomic E-state index is -1.04. The maximum Gasteiger partial charge on any atom is 0.340 e. The fraction of sp³-hybridized carbons (Fsp3) is 0.455. The van der Waals surface area contributed by atoms with Crippen LogP contribution in [0.15, 0.2) is 5.03 Å². The molecule has 0 radical (unpaired) electrons. The first kappa shape index (κ1) is 11.9. The molecule has 1 aromatic heterocycles. The molecule has 1 aliphatic rings. The van der Waals surface area contributed by atoms with Gasteiger partial charge in [-0.05, 0) is 19.8 Å². The number of carboxylic acids is 1. The van der Waals surface area contributed by atoms with Crippen molar-refractivity contribution >= 4 is 17.7 Å². The maximum atomic E-state index is 11.1. The zero-order valence-electron chi connectivity index (χ0n) is 9.30. The van der Waals surface area contributed by atoms with Gasteiger partial charge in [0.25, 0.3) is 0 Å². The minimum absolute atomic E-state index is 0.120. The lowest BCUT2D eigenvalue weighted by Crippen LogP contribution is -2.09. The number of aromatic carboxylic acids is 1. The molecule has 0 bridgehead atoms. The van der Waals surface area contributed by atoms with Crippen LogP contribution in [0.5, 0.6) is 0 Å². The molecule has 0 amide bonds. The van der Waals surface area contributed by atoms with Crippen LogP contribution in [0.4, 0.5) is 0 Å². The Morgan fingerprint density at radius 1 is 1.59 bits per heavy atom. The van der Waals surface area contributed by atoms with Gasteiger partial charge in [-0.15, -0.1) is 0 Å². The lowest BCUT2D eigenvalue weighted by atomic mass is 10.2. The van der Waals surface area contributed by atoms with E-state index in [4.69, 9.17) is 10.4 Å². The van der Waals surface area contributed by atoms with E-state index in [1.54, 1.807) is 6.92 Å². The number of rotatable bonds is 4. The van der Waals surface area contributed by atoms with Gasteiger partial charge in [-0.1, -0.05) is 11.8 Å². The average molecular weight is 249 g/mol. The molecule has 1 saturated carbocycles. The van der Waals surface area contributed by atoms with Crippen molar-refractivity contribution in [1.82, 2.24) is 9.97 Å². The average Bonchev–Trinajstić information content (AvgIpc) is 3.08. The molecule has 0 spiro atoms. The Labute approximate surface area is 103 Å². The number of nitriles is 1. The number of carbonyl (C=O) groups is 1. The fourth-order valence-corrected chi connectivity index (χ4v) is 2.28. The van der Waals surface area contributed by atoms with Gasteiger partial charge in [-0.3, -0.25) is 0 Å². The van der Waals surface area contributed by atoms with Crippen LogP contribution in [0.25, 0.3) is 0 Å². The van der Waals surface area contributed by atoms with E-state index in [0.717, 1.165) is 24.6 Å². The molecular formula is C11H11N3O2S. The molecule has 1 heterocycles. The van der Waals surface area contributed by atoms with Crippen molar-refractivity contribution in [3.05, 3.63) is 17.1 Å². The van der Waals surface area contributed by atoms with Crippen LogP contribution in [-0.4, -0.2) is 26.8 Å². The first-order valence-electron chi connectivity index (χ1n) is 5.25. The smallest absolute Gasteiger partial charge is 0.340 e. The van der Waals surface area contributed by atoms with E-state index in [-0.39, 0.29) is 11.3 Å². The topological polar surface area (TPSA) is 86.9 Å². The van der Waals surface area contributed by atoms with E-state index in [2.05, 4.69) is 9.97 Å². The van der Waals surface area contributed by atoms with Gasteiger partial charge in [-0.2, -0.15) is 5.26 Å². The van der Waals surface area contributed by atoms with E-state index in [1.165, 1.54) is 0 Å². The van der Waals surface area contributed by atoms with Crippen LogP contribution < -0.4 is 0 Å². The molecule has 0 aliphatic heterocycles. The van der Waals surface area contributed by atoms with Crippen molar-refractivity contribution in [2.24, 2.45) is 0 Å². The first-order valence-corrected chi connectivity index (χ1v) is 6.23. The molecule has 1 aliphatic carbocycles.